The van der Waals surface area contributed by atoms with Crippen molar-refractivity contribution in [3.05, 3.63) is 131 Å². The van der Waals surface area contributed by atoms with Crippen LogP contribution in [0.5, 0.6) is 11.5 Å². The first-order valence-corrected chi connectivity index (χ1v) is 19.1. The minimum Gasteiger partial charge on any atom is -0.509 e. The average Bonchev–Trinajstić information content (AvgIpc) is 3.69. The second-order valence-corrected chi connectivity index (χ2v) is 14.7. The van der Waals surface area contributed by atoms with Crippen LogP contribution in [0.3, 0.4) is 0 Å². The number of ether oxygens (including phenoxy) is 1. The Morgan fingerprint density at radius 2 is 1.47 bits per heavy atom. The van der Waals surface area contributed by atoms with Gasteiger partial charge in [-0.2, -0.15) is 11.2 Å². The molecule has 3 aromatic heterocycles. The smallest absolute Gasteiger partial charge is 0.509 e. The third-order valence-electron chi connectivity index (χ3n) is 10.3. The Labute approximate surface area is 329 Å². The fraction of sp³-hybridized carbons (Fsp3) is 0.319. The predicted octanol–water partition coefficient (Wildman–Crippen LogP) is 11.9. The second kappa shape index (κ2) is 15.9. The second-order valence-electron chi connectivity index (χ2n) is 14.7. The molecule has 0 amide bonds. The maximum Gasteiger partial charge on any atom is 2.00 e. The van der Waals surface area contributed by atoms with Gasteiger partial charge in [0.25, 0.3) is 0 Å². The number of fused-ring (bicyclic) bond motifs is 3. The Morgan fingerprint density at radius 1 is 0.717 bits per heavy atom. The number of hydrogen-bond donors (Lipinski definition) is 0. The molecule has 274 valence electrons. The summed E-state index contributed by atoms with van der Waals surface area (Å²) in [7, 11) is 0. The van der Waals surface area contributed by atoms with Gasteiger partial charge in [-0.05, 0) is 89.0 Å². The molecule has 0 aliphatic carbocycles. The molecule has 53 heavy (non-hydrogen) atoms. The van der Waals surface area contributed by atoms with Gasteiger partial charge < -0.3 is 9.30 Å². The van der Waals surface area contributed by atoms with E-state index in [1.807, 2.05) is 12.3 Å². The molecule has 7 rings (SSSR count). The molecule has 0 saturated heterocycles. The first-order chi connectivity index (χ1) is 25.2. The number of para-hydroxylation sites is 1. The average molecular weight is 882 g/mol. The van der Waals surface area contributed by atoms with Crippen molar-refractivity contribution in [3.63, 3.8) is 0 Å². The van der Waals surface area contributed by atoms with Crippen molar-refractivity contribution in [3.8, 4) is 34.1 Å². The van der Waals surface area contributed by atoms with Gasteiger partial charge in [-0.25, -0.2) is 4.98 Å². The van der Waals surface area contributed by atoms with Gasteiger partial charge in [-0.15, -0.1) is 41.3 Å². The van der Waals surface area contributed by atoms with Crippen molar-refractivity contribution in [1.29, 1.82) is 0 Å². The third-order valence-corrected chi connectivity index (χ3v) is 10.3. The van der Waals surface area contributed by atoms with E-state index < -0.39 is 0 Å². The van der Waals surface area contributed by atoms with E-state index >= 15 is 0 Å². The molecule has 0 atom stereocenters. The van der Waals surface area contributed by atoms with Crippen molar-refractivity contribution in [2.45, 2.75) is 99.3 Å². The van der Waals surface area contributed by atoms with Crippen LogP contribution in [0, 0.1) is 12.1 Å². The summed E-state index contributed by atoms with van der Waals surface area (Å²) in [6.07, 6.45) is 7.64. The van der Waals surface area contributed by atoms with E-state index in [0.29, 0.717) is 11.5 Å². The van der Waals surface area contributed by atoms with Crippen LogP contribution in [-0.4, -0.2) is 19.3 Å². The molecular formula is C47H50N4OPt. The van der Waals surface area contributed by atoms with E-state index in [2.05, 4.69) is 150 Å². The molecule has 0 fully saturated rings. The number of aryl methyl sites for hydroxylation is 4. The summed E-state index contributed by atoms with van der Waals surface area (Å²) in [6.45, 7) is 17.9. The maximum absolute atomic E-state index is 6.74. The summed E-state index contributed by atoms with van der Waals surface area (Å²) in [5, 5.41) is 7.59. The van der Waals surface area contributed by atoms with E-state index in [1.54, 1.807) is 0 Å². The molecule has 3 heterocycles. The fourth-order valence-corrected chi connectivity index (χ4v) is 7.58. The van der Waals surface area contributed by atoms with Gasteiger partial charge in [-0.3, -0.25) is 4.68 Å². The first kappa shape index (κ1) is 38.3. The molecule has 0 saturated carbocycles. The zero-order chi connectivity index (χ0) is 36.6. The van der Waals surface area contributed by atoms with E-state index in [0.717, 1.165) is 83.1 Å². The standard InChI is InChI=1S/C47H50N4O.Pt/c1-9-17-31-24-25-48-44(26-31)50-42-21-15-14-20-38(42)39-23-22-36(30-43(39)50)52-37-28-34(47(6,7)8)27-35(29-37)51-41(13-5)46(40(12-4)49-51)45-32(10-2)18-16-19-33(45)11-3;/h14-16,18-28H,9-13,17H2,1-8H3;/q-2;+2. The molecule has 0 bridgehead atoms. The molecule has 0 aliphatic rings. The Bertz CT molecular complexity index is 2370. The van der Waals surface area contributed by atoms with Crippen molar-refractivity contribution in [2.75, 3.05) is 0 Å². The molecule has 0 aliphatic heterocycles. The normalized spacial score (nSPS) is 11.7. The fourth-order valence-electron chi connectivity index (χ4n) is 7.58. The number of pyridine rings is 1. The van der Waals surface area contributed by atoms with Crippen LogP contribution < -0.4 is 4.74 Å². The van der Waals surface area contributed by atoms with Crippen molar-refractivity contribution < 1.29 is 25.8 Å². The third kappa shape index (κ3) is 7.26. The Kier molecular flexibility index (Phi) is 11.5. The van der Waals surface area contributed by atoms with Gasteiger partial charge in [0.15, 0.2) is 0 Å². The number of benzene rings is 4. The Morgan fingerprint density at radius 3 is 2.15 bits per heavy atom. The molecule has 5 nitrogen and oxygen atoms in total. The van der Waals surface area contributed by atoms with Crippen LogP contribution in [0.15, 0.2) is 85.1 Å². The minimum atomic E-state index is -0.128. The van der Waals surface area contributed by atoms with E-state index in [1.165, 1.54) is 33.5 Å². The molecule has 7 aromatic rings. The van der Waals surface area contributed by atoms with Crippen LogP contribution in [0.2, 0.25) is 0 Å². The SMILES string of the molecule is CCCc1ccnc(-n2c3[c-]c(Oc4[c-]c(-n5nc(CC)c(-c6c(CC)cccc6CC)c5CC)cc(C(C)(C)C)c4)ccc3c3ccccc32)c1.[Pt+2]. The molecular weight excluding hydrogens is 832 g/mol. The number of rotatable bonds is 11. The van der Waals surface area contributed by atoms with E-state index in [4.69, 9.17) is 14.8 Å². The summed E-state index contributed by atoms with van der Waals surface area (Å²) < 4.78 is 11.1. The van der Waals surface area contributed by atoms with Gasteiger partial charge in [-0.1, -0.05) is 104 Å². The van der Waals surface area contributed by atoms with Crippen molar-refractivity contribution in [2.24, 2.45) is 0 Å². The Balaban J connectivity index is 0.00000481. The first-order valence-electron chi connectivity index (χ1n) is 19.1. The summed E-state index contributed by atoms with van der Waals surface area (Å²) in [4.78, 5) is 4.82. The number of hydrogen-bond acceptors (Lipinski definition) is 3. The number of aromatic nitrogens is 4. The topological polar surface area (TPSA) is 44.9 Å². The summed E-state index contributed by atoms with van der Waals surface area (Å²) in [5.74, 6) is 2.16. The monoisotopic (exact) mass is 881 g/mol. The summed E-state index contributed by atoms with van der Waals surface area (Å²) in [6, 6.07) is 35.3. The zero-order valence-electron chi connectivity index (χ0n) is 32.3. The number of nitrogens with zero attached hydrogens (tertiary/aromatic N) is 4. The molecule has 4 aromatic carbocycles. The Hall–Kier alpha value is -4.47. The molecule has 0 unspecified atom stereocenters. The zero-order valence-corrected chi connectivity index (χ0v) is 34.6. The summed E-state index contributed by atoms with van der Waals surface area (Å²) >= 11 is 0. The van der Waals surface area contributed by atoms with Gasteiger partial charge in [0.1, 0.15) is 5.82 Å². The molecule has 6 heteroatoms. The van der Waals surface area contributed by atoms with Crippen LogP contribution in [-0.2, 0) is 58.6 Å². The van der Waals surface area contributed by atoms with Crippen LogP contribution in [0.4, 0.5) is 0 Å². The largest absolute Gasteiger partial charge is 2.00 e. The van der Waals surface area contributed by atoms with Crippen LogP contribution in [0.25, 0.3) is 44.4 Å². The molecule has 0 spiro atoms. The maximum atomic E-state index is 6.74. The minimum absolute atomic E-state index is 0. The van der Waals surface area contributed by atoms with Crippen molar-refractivity contribution >= 4 is 21.8 Å². The molecule has 0 N–H and O–H groups in total. The quantitative estimate of drug-likeness (QED) is 0.122. The van der Waals surface area contributed by atoms with Crippen molar-refractivity contribution in [1.82, 2.24) is 19.3 Å². The van der Waals surface area contributed by atoms with Gasteiger partial charge in [0.2, 0.25) is 0 Å². The van der Waals surface area contributed by atoms with Gasteiger partial charge in [0, 0.05) is 34.5 Å². The predicted molar refractivity (Wildman–Crippen MR) is 216 cm³/mol. The van der Waals surface area contributed by atoms with Gasteiger partial charge >= 0.3 is 21.1 Å². The summed E-state index contributed by atoms with van der Waals surface area (Å²) in [5.41, 5.74) is 12.9. The van der Waals surface area contributed by atoms with Crippen LogP contribution >= 0.6 is 0 Å². The van der Waals surface area contributed by atoms with E-state index in [9.17, 15) is 0 Å². The van der Waals surface area contributed by atoms with Crippen LogP contribution in [0.1, 0.15) is 95.5 Å². The van der Waals surface area contributed by atoms with E-state index in [-0.39, 0.29) is 26.5 Å². The molecule has 0 radical (unpaired) electrons. The van der Waals surface area contributed by atoms with Gasteiger partial charge in [0.05, 0.1) is 5.69 Å².